The van der Waals surface area contributed by atoms with E-state index in [1.165, 1.54) is 24.8 Å². The van der Waals surface area contributed by atoms with Crippen LogP contribution in [0.15, 0.2) is 49.3 Å². The van der Waals surface area contributed by atoms with Gasteiger partial charge in [-0.1, -0.05) is 23.2 Å². The highest BCUT2D eigenvalue weighted by atomic mass is 35.5. The van der Waals surface area contributed by atoms with Crippen molar-refractivity contribution in [2.45, 2.75) is 116 Å². The van der Waals surface area contributed by atoms with Crippen LogP contribution < -0.4 is 29.9 Å². The standard InChI is InChI=1S/2C24H25ClF3N7O3/c2*1-24(2,3)38-23(36)35-10-12-4-5-13(35)9-34(12)22-29-8-15-19(33-22)20(31-11-30-15)32-14-6-7-16(37-21(27)28)17(25)18(14)26/h2*6-8,11-13,21H,4-5,9-10H2,1-3H3,(H,30,31,32)/t12?,13-;/m0./s1. The lowest BCUT2D eigenvalue weighted by Gasteiger charge is -2.51. The summed E-state index contributed by atoms with van der Waals surface area (Å²) in [6.45, 7) is 6.74. The number of anilines is 6. The molecule has 6 aliphatic rings. The van der Waals surface area contributed by atoms with Gasteiger partial charge in [0.05, 0.1) is 35.9 Å². The molecule has 0 aliphatic carbocycles. The van der Waals surface area contributed by atoms with Crippen LogP contribution in [-0.4, -0.2) is 137 Å². The van der Waals surface area contributed by atoms with Gasteiger partial charge in [-0.3, -0.25) is 0 Å². The molecule has 0 saturated carbocycles. The maximum Gasteiger partial charge on any atom is 0.410 e. The first kappa shape index (κ1) is 53.6. The molecule has 6 saturated heterocycles. The van der Waals surface area contributed by atoms with E-state index in [2.05, 4.69) is 60.0 Å². The van der Waals surface area contributed by atoms with E-state index in [0.717, 1.165) is 37.8 Å². The van der Waals surface area contributed by atoms with E-state index in [0.29, 0.717) is 60.1 Å². The van der Waals surface area contributed by atoms with Crippen molar-refractivity contribution in [2.24, 2.45) is 0 Å². The summed E-state index contributed by atoms with van der Waals surface area (Å²) in [6, 6.07) is 4.56. The predicted octanol–water partition coefficient (Wildman–Crippen LogP) is 10.3. The maximum atomic E-state index is 14.8. The van der Waals surface area contributed by atoms with Crippen LogP contribution in [0.1, 0.15) is 67.2 Å². The molecule has 10 heterocycles. The van der Waals surface area contributed by atoms with E-state index in [1.807, 2.05) is 51.3 Å². The molecule has 4 atom stereocenters. The van der Waals surface area contributed by atoms with Crippen molar-refractivity contribution in [3.63, 3.8) is 0 Å². The molecule has 2 amide bonds. The van der Waals surface area contributed by atoms with Crippen molar-refractivity contribution < 1.29 is 54.9 Å². The third-order valence-corrected chi connectivity index (χ3v) is 13.3. The molecule has 4 bridgehead atoms. The minimum absolute atomic E-state index is 0.00959. The lowest BCUT2D eigenvalue weighted by Crippen LogP contribution is -2.64. The third kappa shape index (κ3) is 11.8. The number of carbonyl (C=O) groups is 2. The number of fused-ring (bicyclic) bond motifs is 8. The van der Waals surface area contributed by atoms with Crippen molar-refractivity contribution in [1.29, 1.82) is 0 Å². The van der Waals surface area contributed by atoms with E-state index >= 15 is 0 Å². The van der Waals surface area contributed by atoms with Crippen LogP contribution in [0.5, 0.6) is 11.5 Å². The summed E-state index contributed by atoms with van der Waals surface area (Å²) in [5.41, 5.74) is 0.0820. The number of carbonyl (C=O) groups excluding carboxylic acids is 2. The fraction of sp³-hybridized carbons (Fsp3) is 0.458. The summed E-state index contributed by atoms with van der Waals surface area (Å²) >= 11 is 11.8. The Morgan fingerprint density at radius 2 is 0.961 bits per heavy atom. The number of nitrogens with one attached hydrogen (secondary N) is 2. The second kappa shape index (κ2) is 21.4. The first-order valence-corrected chi connectivity index (χ1v) is 24.6. The molecule has 76 heavy (non-hydrogen) atoms. The summed E-state index contributed by atoms with van der Waals surface area (Å²) in [4.78, 5) is 68.1. The van der Waals surface area contributed by atoms with E-state index in [4.69, 9.17) is 32.7 Å². The number of piperidine rings is 4. The van der Waals surface area contributed by atoms with Crippen molar-refractivity contribution in [2.75, 3.05) is 46.6 Å². The molecule has 404 valence electrons. The van der Waals surface area contributed by atoms with E-state index in [-0.39, 0.29) is 59.4 Å². The Hall–Kier alpha value is -7.22. The summed E-state index contributed by atoms with van der Waals surface area (Å²) in [5.74, 6) is -1.74. The number of hydrogen-bond donors (Lipinski definition) is 2. The number of ether oxygens (including phenoxy) is 4. The Morgan fingerprint density at radius 1 is 0.579 bits per heavy atom. The van der Waals surface area contributed by atoms with Gasteiger partial charge in [0.1, 0.15) is 67.5 Å². The minimum atomic E-state index is -3.15. The third-order valence-electron chi connectivity index (χ3n) is 12.6. The van der Waals surface area contributed by atoms with Crippen molar-refractivity contribution in [1.82, 2.24) is 49.7 Å². The fourth-order valence-corrected chi connectivity index (χ4v) is 9.69. The smallest absolute Gasteiger partial charge is 0.410 e. The molecular weight excluding hydrogens is 1050 g/mol. The Kier molecular flexibility index (Phi) is 15.1. The SMILES string of the molecule is CC(C)(C)OC(=O)N1CC2CCC1CN2c1ncc2ncnc(Nc3ccc(OC(F)F)c(Cl)c3F)c2n1.CC(C)(C)OC(=O)N1CC2CC[C@H]1CN2c1ncc2ncnc(Nc3ccc(OC(F)F)c(Cl)c3F)c2n1. The van der Waals surface area contributed by atoms with Crippen LogP contribution in [0.25, 0.3) is 22.1 Å². The molecule has 3 unspecified atom stereocenters. The number of hydrogen-bond acceptors (Lipinski definition) is 18. The second-order valence-electron chi connectivity index (χ2n) is 20.1. The average Bonchev–Trinajstić information content (AvgIpc) is 3.39. The highest BCUT2D eigenvalue weighted by Crippen LogP contribution is 2.39. The Morgan fingerprint density at radius 3 is 1.30 bits per heavy atom. The molecule has 28 heteroatoms. The number of aromatic nitrogens is 8. The summed E-state index contributed by atoms with van der Waals surface area (Å²) < 4.78 is 99.5. The monoisotopic (exact) mass is 1100 g/mol. The summed E-state index contributed by atoms with van der Waals surface area (Å²) in [7, 11) is 0. The Balaban J connectivity index is 0.000000186. The van der Waals surface area contributed by atoms with E-state index < -0.39 is 57.6 Å². The first-order valence-electron chi connectivity index (χ1n) is 23.9. The molecule has 2 N–H and O–H groups in total. The van der Waals surface area contributed by atoms with Gasteiger partial charge in [-0.05, 0) is 91.5 Å². The zero-order valence-corrected chi connectivity index (χ0v) is 43.1. The van der Waals surface area contributed by atoms with Crippen molar-refractivity contribution >= 4 is 92.4 Å². The largest absolute Gasteiger partial charge is 0.444 e. The number of piperazine rings is 2. The normalized spacial score (nSPS) is 19.3. The molecule has 2 aromatic carbocycles. The van der Waals surface area contributed by atoms with Crippen molar-refractivity contribution in [3.8, 4) is 11.5 Å². The molecule has 0 radical (unpaired) electrons. The lowest BCUT2D eigenvalue weighted by atomic mass is 9.91. The summed E-state index contributed by atoms with van der Waals surface area (Å²) in [6.07, 6.45) is 8.35. The number of amides is 2. The molecule has 12 rings (SSSR count). The number of alkyl halides is 4. The van der Waals surface area contributed by atoms with Crippen LogP contribution >= 0.6 is 23.2 Å². The van der Waals surface area contributed by atoms with E-state index in [9.17, 15) is 35.9 Å². The van der Waals surface area contributed by atoms with Crippen LogP contribution in [0.4, 0.5) is 70.8 Å². The van der Waals surface area contributed by atoms with Crippen LogP contribution in [0.2, 0.25) is 10.0 Å². The van der Waals surface area contributed by atoms with Gasteiger partial charge in [0.2, 0.25) is 11.9 Å². The zero-order chi connectivity index (χ0) is 54.4. The van der Waals surface area contributed by atoms with Crippen LogP contribution in [0.3, 0.4) is 0 Å². The van der Waals surface area contributed by atoms with Gasteiger partial charge < -0.3 is 49.2 Å². The van der Waals surface area contributed by atoms with Gasteiger partial charge in [0.25, 0.3) is 0 Å². The highest BCUT2D eigenvalue weighted by Gasteiger charge is 2.45. The quantitative estimate of drug-likeness (QED) is 0.122. The average molecular weight is 1100 g/mol. The zero-order valence-electron chi connectivity index (χ0n) is 41.6. The molecule has 20 nitrogen and oxygen atoms in total. The predicted molar refractivity (Wildman–Crippen MR) is 267 cm³/mol. The van der Waals surface area contributed by atoms with Gasteiger partial charge >= 0.3 is 25.4 Å². The number of benzene rings is 2. The minimum Gasteiger partial charge on any atom is -0.444 e. The van der Waals surface area contributed by atoms with Gasteiger partial charge in [-0.2, -0.15) is 17.6 Å². The molecule has 4 aromatic heterocycles. The maximum absolute atomic E-state index is 14.8. The number of nitrogens with zero attached hydrogens (tertiary/aromatic N) is 12. The van der Waals surface area contributed by atoms with Crippen LogP contribution in [-0.2, 0) is 9.47 Å². The van der Waals surface area contributed by atoms with Crippen LogP contribution in [0, 0.1) is 11.6 Å². The Bertz CT molecular complexity index is 2950. The molecular formula is C48H50Cl2F6N14O6. The number of halogens is 8. The molecule has 6 aromatic rings. The topological polar surface area (TPSA) is 211 Å². The van der Waals surface area contributed by atoms with E-state index in [1.54, 1.807) is 22.2 Å². The molecule has 6 aliphatic heterocycles. The lowest BCUT2D eigenvalue weighted by molar-refractivity contribution is -0.0506. The summed E-state index contributed by atoms with van der Waals surface area (Å²) in [5, 5.41) is 4.44. The van der Waals surface area contributed by atoms with Crippen molar-refractivity contribution in [3.05, 3.63) is 71.0 Å². The molecule has 0 spiro atoms. The molecule has 6 fully saturated rings. The van der Waals surface area contributed by atoms with Gasteiger partial charge in [0.15, 0.2) is 23.3 Å². The fourth-order valence-electron chi connectivity index (χ4n) is 9.27. The Labute approximate surface area is 440 Å². The second-order valence-corrected chi connectivity index (χ2v) is 20.8. The number of rotatable bonds is 10. The van der Waals surface area contributed by atoms with Gasteiger partial charge in [-0.15, -0.1) is 0 Å². The van der Waals surface area contributed by atoms with Gasteiger partial charge in [-0.25, -0.2) is 58.2 Å². The highest BCUT2D eigenvalue weighted by molar-refractivity contribution is 6.33. The van der Waals surface area contributed by atoms with Gasteiger partial charge in [0, 0.05) is 38.3 Å². The first-order chi connectivity index (χ1) is 36.0.